The molecule has 1 aliphatic carbocycles. The smallest absolute Gasteiger partial charge is 0.171 e. The molecule has 312 valence electrons. The lowest BCUT2D eigenvalue weighted by molar-refractivity contribution is 0.592. The molecule has 0 saturated heterocycles. The highest BCUT2D eigenvalue weighted by Gasteiger charge is 2.31. The summed E-state index contributed by atoms with van der Waals surface area (Å²) in [5.41, 5.74) is 12.1. The summed E-state index contributed by atoms with van der Waals surface area (Å²) in [5.74, 6) is 0. The summed E-state index contributed by atoms with van der Waals surface area (Å²) in [6.07, 6.45) is 0.898. The van der Waals surface area contributed by atoms with Crippen LogP contribution in [-0.2, 0) is 11.0 Å². The first-order valence-corrected chi connectivity index (χ1v) is 25.6. The molecule has 0 unspecified atom stereocenters. The minimum atomic E-state index is -3.26. The zero-order valence-corrected chi connectivity index (χ0v) is 37.8. The minimum absolute atomic E-state index is 0.825. The van der Waals surface area contributed by atoms with Crippen molar-refractivity contribution in [3.05, 3.63) is 254 Å². The first kappa shape index (κ1) is 38.9. The van der Waals surface area contributed by atoms with Gasteiger partial charge in [-0.2, -0.15) is 0 Å². The van der Waals surface area contributed by atoms with Crippen molar-refractivity contribution >= 4 is 90.5 Å². The lowest BCUT2D eigenvalue weighted by atomic mass is 10.0. The molecule has 3 nitrogen and oxygen atoms in total. The lowest BCUT2D eigenvalue weighted by Crippen LogP contribution is -2.24. The standard InChI is InChI=1S/C61H42N2OP2/c64-66(49-21-9-3-10-22-49,50-23-11-4-12-24-50)51-34-36-61-57(41-51)56-40-48(65(46-17-5-1-6-18-46)47-19-7-2-8-20-47)33-35-60(56)63(61)45-32-30-43-37-42-29-31-44(38-54(42)55(43)39-45)62-58-27-15-13-25-52(58)53-26-14-16-28-59(53)62/h1-36,38-41H,37H2. The molecule has 0 radical (unpaired) electrons. The zero-order chi connectivity index (χ0) is 43.8. The van der Waals surface area contributed by atoms with Crippen molar-refractivity contribution in [1.29, 1.82) is 0 Å². The average Bonchev–Trinajstić information content (AvgIpc) is 4.04. The SMILES string of the molecule is O=P(c1ccccc1)(c1ccccc1)c1ccc2c(c1)c1cc(P(c3ccccc3)c3ccccc3)ccc1n2-c1ccc2c(c1)-c1cc(-n3c4ccccc4c4ccccc43)ccc1C2. The molecule has 2 heterocycles. The molecule has 13 rings (SSSR count). The Kier molecular flexibility index (Phi) is 9.17. The van der Waals surface area contributed by atoms with Crippen LogP contribution in [0, 0.1) is 0 Å². The summed E-state index contributed by atoms with van der Waals surface area (Å²) in [6, 6.07) is 87.0. The third-order valence-corrected chi connectivity index (χ3v) is 19.1. The number of benzene rings is 10. The molecule has 0 bridgehead atoms. The maximum atomic E-state index is 15.9. The second kappa shape index (κ2) is 15.6. The first-order valence-electron chi connectivity index (χ1n) is 22.6. The van der Waals surface area contributed by atoms with Crippen molar-refractivity contribution in [3.63, 3.8) is 0 Å². The van der Waals surface area contributed by atoms with Gasteiger partial charge in [-0.1, -0.05) is 176 Å². The molecule has 0 amide bonds. The number of rotatable bonds is 8. The van der Waals surface area contributed by atoms with Crippen LogP contribution < -0.4 is 31.8 Å². The van der Waals surface area contributed by atoms with Gasteiger partial charge in [0.2, 0.25) is 0 Å². The van der Waals surface area contributed by atoms with Crippen LogP contribution in [-0.4, -0.2) is 9.13 Å². The van der Waals surface area contributed by atoms with Gasteiger partial charge in [0.25, 0.3) is 0 Å². The van der Waals surface area contributed by atoms with Crippen molar-refractivity contribution < 1.29 is 4.57 Å². The van der Waals surface area contributed by atoms with Crippen molar-refractivity contribution in [1.82, 2.24) is 9.13 Å². The van der Waals surface area contributed by atoms with Crippen LogP contribution in [0.4, 0.5) is 0 Å². The Hall–Kier alpha value is -7.54. The largest absolute Gasteiger partial charge is 0.309 e. The summed E-state index contributed by atoms with van der Waals surface area (Å²) in [4.78, 5) is 0. The highest BCUT2D eigenvalue weighted by Crippen LogP contribution is 2.46. The molecule has 0 saturated carbocycles. The lowest BCUT2D eigenvalue weighted by Gasteiger charge is -2.20. The maximum Gasteiger partial charge on any atom is 0.171 e. The van der Waals surface area contributed by atoms with Crippen molar-refractivity contribution in [2.45, 2.75) is 6.42 Å². The Bertz CT molecular complexity index is 3740. The number of nitrogens with zero attached hydrogens (tertiary/aromatic N) is 2. The number of hydrogen-bond acceptors (Lipinski definition) is 1. The van der Waals surface area contributed by atoms with Gasteiger partial charge in [-0.25, -0.2) is 0 Å². The normalized spacial score (nSPS) is 12.4. The second-order valence-electron chi connectivity index (χ2n) is 17.3. The molecule has 0 fully saturated rings. The van der Waals surface area contributed by atoms with E-state index in [1.165, 1.54) is 60.0 Å². The number of aromatic nitrogens is 2. The molecule has 0 atom stereocenters. The molecular formula is C61H42N2OP2. The van der Waals surface area contributed by atoms with E-state index in [-0.39, 0.29) is 0 Å². The fraction of sp³-hybridized carbons (Fsp3) is 0.0164. The van der Waals surface area contributed by atoms with Gasteiger partial charge >= 0.3 is 0 Å². The van der Waals surface area contributed by atoms with Crippen molar-refractivity contribution in [2.24, 2.45) is 0 Å². The summed E-state index contributed by atoms with van der Waals surface area (Å²) >= 11 is 0. The Morgan fingerprint density at radius 2 is 0.758 bits per heavy atom. The number of para-hydroxylation sites is 2. The van der Waals surface area contributed by atoms with Crippen molar-refractivity contribution in [3.8, 4) is 22.5 Å². The number of fused-ring (bicyclic) bond motifs is 9. The molecule has 2 aromatic heterocycles. The van der Waals surface area contributed by atoms with Gasteiger partial charge in [-0.05, 0) is 119 Å². The summed E-state index contributed by atoms with van der Waals surface area (Å²) in [6.45, 7) is 0. The first-order chi connectivity index (χ1) is 32.6. The van der Waals surface area contributed by atoms with Gasteiger partial charge in [0.15, 0.2) is 7.14 Å². The molecular weight excluding hydrogens is 839 g/mol. The van der Waals surface area contributed by atoms with Gasteiger partial charge < -0.3 is 13.7 Å². The second-order valence-corrected chi connectivity index (χ2v) is 22.2. The van der Waals surface area contributed by atoms with Gasteiger partial charge in [0.05, 0.1) is 22.1 Å². The summed E-state index contributed by atoms with van der Waals surface area (Å²) in [5, 5.41) is 11.1. The Labute approximate surface area is 385 Å². The van der Waals surface area contributed by atoms with Crippen LogP contribution in [0.1, 0.15) is 11.1 Å². The van der Waals surface area contributed by atoms with Crippen LogP contribution in [0.25, 0.3) is 66.1 Å². The highest BCUT2D eigenvalue weighted by molar-refractivity contribution is 7.85. The molecule has 10 aromatic carbocycles. The van der Waals surface area contributed by atoms with E-state index < -0.39 is 15.1 Å². The van der Waals surface area contributed by atoms with Gasteiger partial charge in [-0.15, -0.1) is 0 Å². The van der Waals surface area contributed by atoms with Gasteiger partial charge in [0.1, 0.15) is 0 Å². The summed E-state index contributed by atoms with van der Waals surface area (Å²) in [7, 11) is -4.12. The van der Waals surface area contributed by atoms with E-state index in [0.717, 1.165) is 55.5 Å². The number of hydrogen-bond donors (Lipinski definition) is 0. The molecule has 66 heavy (non-hydrogen) atoms. The highest BCUT2D eigenvalue weighted by atomic mass is 31.2. The third kappa shape index (κ3) is 6.12. The topological polar surface area (TPSA) is 26.9 Å². The molecule has 5 heteroatoms. The van der Waals surface area contributed by atoms with E-state index >= 15 is 4.57 Å². The van der Waals surface area contributed by atoms with Crippen LogP contribution in [0.15, 0.2) is 243 Å². The van der Waals surface area contributed by atoms with E-state index in [4.69, 9.17) is 0 Å². The summed E-state index contributed by atoms with van der Waals surface area (Å²) < 4.78 is 20.8. The van der Waals surface area contributed by atoms with Crippen LogP contribution in [0.5, 0.6) is 0 Å². The Balaban J connectivity index is 1.03. The van der Waals surface area contributed by atoms with Crippen LogP contribution in [0.2, 0.25) is 0 Å². The van der Waals surface area contributed by atoms with E-state index in [2.05, 4.69) is 191 Å². The van der Waals surface area contributed by atoms with E-state index in [9.17, 15) is 0 Å². The maximum absolute atomic E-state index is 15.9. The van der Waals surface area contributed by atoms with E-state index in [1.807, 2.05) is 60.7 Å². The van der Waals surface area contributed by atoms with Crippen molar-refractivity contribution in [2.75, 3.05) is 0 Å². The minimum Gasteiger partial charge on any atom is -0.309 e. The van der Waals surface area contributed by atoms with E-state index in [0.29, 0.717) is 0 Å². The van der Waals surface area contributed by atoms with Crippen LogP contribution in [0.3, 0.4) is 0 Å². The Morgan fingerprint density at radius 1 is 0.333 bits per heavy atom. The fourth-order valence-corrected chi connectivity index (χ4v) is 15.6. The predicted molar refractivity (Wildman–Crippen MR) is 281 cm³/mol. The zero-order valence-electron chi connectivity index (χ0n) is 36.0. The van der Waals surface area contributed by atoms with E-state index in [1.54, 1.807) is 0 Å². The monoisotopic (exact) mass is 880 g/mol. The average molecular weight is 881 g/mol. The predicted octanol–water partition coefficient (Wildman–Crippen LogP) is 12.8. The van der Waals surface area contributed by atoms with Crippen LogP contribution >= 0.6 is 15.1 Å². The molecule has 0 aliphatic heterocycles. The molecule has 0 N–H and O–H groups in total. The quantitative estimate of drug-likeness (QED) is 0.140. The Morgan fingerprint density at radius 3 is 1.27 bits per heavy atom. The van der Waals surface area contributed by atoms with Gasteiger partial charge in [-0.3, -0.25) is 0 Å². The molecule has 12 aromatic rings. The molecule has 1 aliphatic rings. The fourth-order valence-electron chi connectivity index (χ4n) is 10.6. The van der Waals surface area contributed by atoms with Gasteiger partial charge in [0, 0.05) is 48.8 Å². The third-order valence-electron chi connectivity index (χ3n) is 13.6. The molecule has 0 spiro atoms.